The van der Waals surface area contributed by atoms with Crippen molar-refractivity contribution in [3.05, 3.63) is 42.5 Å². The van der Waals surface area contributed by atoms with Crippen LogP contribution in [0, 0.1) is 11.8 Å². The quantitative estimate of drug-likeness (QED) is 0.547. The molecule has 2 aromatic rings. The maximum atomic E-state index is 12.8. The fraction of sp³-hybridized carbons (Fsp3) is 0.524. The second-order valence-electron chi connectivity index (χ2n) is 7.65. The van der Waals surface area contributed by atoms with Gasteiger partial charge in [-0.15, -0.1) is 0 Å². The zero-order valence-electron chi connectivity index (χ0n) is 16.3. The molecule has 0 fully saturated rings. The minimum absolute atomic E-state index is 0.0532. The molecule has 0 aromatic heterocycles. The zero-order chi connectivity index (χ0) is 19.9. The number of benzene rings is 2. The highest BCUT2D eigenvalue weighted by molar-refractivity contribution is 7.89. The molecule has 0 amide bonds. The fourth-order valence-electron chi connectivity index (χ4n) is 3.48. The van der Waals surface area contributed by atoms with Crippen LogP contribution < -0.4 is 10.5 Å². The number of hydrogen-bond donors (Lipinski definition) is 3. The molecular weight excluding hydrogens is 360 g/mol. The van der Waals surface area contributed by atoms with Crippen LogP contribution in [0.2, 0.25) is 0 Å². The van der Waals surface area contributed by atoms with E-state index in [1.807, 2.05) is 30.3 Å². The van der Waals surface area contributed by atoms with Gasteiger partial charge in [0.05, 0.1) is 4.90 Å². The van der Waals surface area contributed by atoms with Crippen LogP contribution in [0.15, 0.2) is 47.4 Å². The molecule has 0 aliphatic carbocycles. The minimum atomic E-state index is -3.64. The molecule has 2 aromatic carbocycles. The molecule has 5 nitrogen and oxygen atoms in total. The largest absolute Gasteiger partial charge is 0.396 e. The van der Waals surface area contributed by atoms with Gasteiger partial charge in [-0.25, -0.2) is 13.1 Å². The summed E-state index contributed by atoms with van der Waals surface area (Å²) in [7, 11) is -3.64. The van der Waals surface area contributed by atoms with Gasteiger partial charge >= 0.3 is 0 Å². The van der Waals surface area contributed by atoms with Crippen molar-refractivity contribution in [3.63, 3.8) is 0 Å². The van der Waals surface area contributed by atoms with Gasteiger partial charge in [0.15, 0.2) is 0 Å². The van der Waals surface area contributed by atoms with E-state index in [4.69, 9.17) is 5.73 Å². The summed E-state index contributed by atoms with van der Waals surface area (Å²) < 4.78 is 28.5. The number of aliphatic hydroxyl groups excluding tert-OH is 1. The van der Waals surface area contributed by atoms with Crippen LogP contribution in [0.5, 0.6) is 0 Å². The molecule has 0 bridgehead atoms. The van der Waals surface area contributed by atoms with Crippen LogP contribution in [0.1, 0.15) is 39.5 Å². The topological polar surface area (TPSA) is 92.4 Å². The molecule has 27 heavy (non-hydrogen) atoms. The Kier molecular flexibility index (Phi) is 8.23. The second kappa shape index (κ2) is 10.2. The minimum Gasteiger partial charge on any atom is -0.396 e. The third-order valence-corrected chi connectivity index (χ3v) is 6.41. The molecule has 6 heteroatoms. The summed E-state index contributed by atoms with van der Waals surface area (Å²) >= 11 is 0. The number of hydrogen-bond acceptors (Lipinski definition) is 4. The van der Waals surface area contributed by atoms with Crippen LogP contribution in [-0.4, -0.2) is 32.7 Å². The molecule has 150 valence electrons. The maximum absolute atomic E-state index is 12.8. The molecule has 0 aliphatic heterocycles. The first-order valence-electron chi connectivity index (χ1n) is 9.67. The van der Waals surface area contributed by atoms with Crippen LogP contribution in [-0.2, 0) is 10.0 Å². The van der Waals surface area contributed by atoms with Gasteiger partial charge in [0.25, 0.3) is 0 Å². The fourth-order valence-corrected chi connectivity index (χ4v) is 4.82. The Labute approximate surface area is 163 Å². The Morgan fingerprint density at radius 1 is 1.04 bits per heavy atom. The van der Waals surface area contributed by atoms with Gasteiger partial charge in [-0.2, -0.15) is 0 Å². The van der Waals surface area contributed by atoms with Crippen molar-refractivity contribution in [2.45, 2.75) is 50.5 Å². The van der Waals surface area contributed by atoms with E-state index in [1.54, 1.807) is 12.1 Å². The predicted octanol–water partition coefficient (Wildman–Crippen LogP) is 3.27. The summed E-state index contributed by atoms with van der Waals surface area (Å²) in [6.07, 6.45) is 2.94. The molecule has 2 atom stereocenters. The molecule has 0 unspecified atom stereocenters. The van der Waals surface area contributed by atoms with E-state index >= 15 is 0 Å². The molecule has 0 spiro atoms. The molecule has 0 saturated heterocycles. The van der Waals surface area contributed by atoms with Gasteiger partial charge in [0.2, 0.25) is 10.0 Å². The molecule has 4 N–H and O–H groups in total. The highest BCUT2D eigenvalue weighted by Gasteiger charge is 2.21. The van der Waals surface area contributed by atoms with Crippen molar-refractivity contribution in [2.24, 2.45) is 17.6 Å². The van der Waals surface area contributed by atoms with Gasteiger partial charge in [0, 0.05) is 12.6 Å². The van der Waals surface area contributed by atoms with Crippen LogP contribution in [0.25, 0.3) is 10.8 Å². The Morgan fingerprint density at radius 3 is 2.37 bits per heavy atom. The van der Waals surface area contributed by atoms with E-state index in [0.29, 0.717) is 31.2 Å². The Bertz CT molecular complexity index is 821. The normalized spacial score (nSPS) is 14.6. The lowest BCUT2D eigenvalue weighted by Gasteiger charge is -2.22. The average Bonchev–Trinajstić information content (AvgIpc) is 2.64. The van der Waals surface area contributed by atoms with E-state index in [2.05, 4.69) is 18.6 Å². The molecule has 0 heterocycles. The lowest BCUT2D eigenvalue weighted by Crippen LogP contribution is -2.36. The van der Waals surface area contributed by atoms with E-state index in [0.717, 1.165) is 23.6 Å². The first kappa shape index (κ1) is 21.8. The first-order chi connectivity index (χ1) is 12.9. The number of aliphatic hydroxyl groups is 1. The van der Waals surface area contributed by atoms with Crippen LogP contribution >= 0.6 is 0 Å². The van der Waals surface area contributed by atoms with E-state index in [-0.39, 0.29) is 17.5 Å². The van der Waals surface area contributed by atoms with Crippen molar-refractivity contribution in [3.8, 4) is 0 Å². The summed E-state index contributed by atoms with van der Waals surface area (Å²) in [5.41, 5.74) is 5.86. The van der Waals surface area contributed by atoms with Crippen molar-refractivity contribution >= 4 is 20.8 Å². The lowest BCUT2D eigenvalue weighted by atomic mass is 9.91. The number of nitrogens with one attached hydrogen (secondary N) is 1. The molecule has 0 saturated carbocycles. The standard InChI is InChI=1S/C21H32N2O3S/c1-16(2)13-17(15-22)7-9-20(11-12-24)23-27(25,26)21-10-8-18-5-3-4-6-19(18)14-21/h3-6,8,10,14,16-17,20,23-24H,7,9,11-13,15,22H2,1-2H3/t17-,20-/m0/s1. The Hall–Kier alpha value is -1.47. The number of sulfonamides is 1. The van der Waals surface area contributed by atoms with E-state index in [1.165, 1.54) is 0 Å². The average molecular weight is 393 g/mol. The Balaban J connectivity index is 2.10. The molecular formula is C21H32N2O3S. The first-order valence-corrected chi connectivity index (χ1v) is 11.2. The summed E-state index contributed by atoms with van der Waals surface area (Å²) in [4.78, 5) is 0.252. The second-order valence-corrected chi connectivity index (χ2v) is 9.36. The summed E-state index contributed by atoms with van der Waals surface area (Å²) in [6, 6.07) is 12.5. The number of rotatable bonds is 11. The van der Waals surface area contributed by atoms with Crippen molar-refractivity contribution in [1.82, 2.24) is 4.72 Å². The molecule has 0 aliphatic rings. The van der Waals surface area contributed by atoms with Crippen LogP contribution in [0.4, 0.5) is 0 Å². The third kappa shape index (κ3) is 6.57. The van der Waals surface area contributed by atoms with Crippen molar-refractivity contribution < 1.29 is 13.5 Å². The maximum Gasteiger partial charge on any atom is 0.240 e. The summed E-state index contributed by atoms with van der Waals surface area (Å²) in [6.45, 7) is 4.87. The lowest BCUT2D eigenvalue weighted by molar-refractivity contribution is 0.261. The van der Waals surface area contributed by atoms with Crippen molar-refractivity contribution in [1.29, 1.82) is 0 Å². The number of nitrogens with two attached hydrogens (primary N) is 1. The smallest absolute Gasteiger partial charge is 0.240 e. The third-order valence-electron chi connectivity index (χ3n) is 4.89. The van der Waals surface area contributed by atoms with Gasteiger partial charge in [0.1, 0.15) is 0 Å². The van der Waals surface area contributed by atoms with Crippen LogP contribution in [0.3, 0.4) is 0 Å². The van der Waals surface area contributed by atoms with Crippen molar-refractivity contribution in [2.75, 3.05) is 13.2 Å². The zero-order valence-corrected chi connectivity index (χ0v) is 17.1. The Morgan fingerprint density at radius 2 is 1.74 bits per heavy atom. The monoisotopic (exact) mass is 392 g/mol. The van der Waals surface area contributed by atoms with E-state index in [9.17, 15) is 13.5 Å². The SMILES string of the molecule is CC(C)C[C@@H](CN)CC[C@@H](CCO)NS(=O)(=O)c1ccc2ccccc2c1. The summed E-state index contributed by atoms with van der Waals surface area (Å²) in [5.74, 6) is 0.931. The van der Waals surface area contributed by atoms with Gasteiger partial charge in [-0.05, 0) is 67.0 Å². The molecule has 0 radical (unpaired) electrons. The molecule has 2 rings (SSSR count). The van der Waals surface area contributed by atoms with Gasteiger partial charge in [-0.1, -0.05) is 44.2 Å². The highest BCUT2D eigenvalue weighted by atomic mass is 32.2. The van der Waals surface area contributed by atoms with Gasteiger partial charge in [-0.3, -0.25) is 0 Å². The number of fused-ring (bicyclic) bond motifs is 1. The highest BCUT2D eigenvalue weighted by Crippen LogP contribution is 2.21. The van der Waals surface area contributed by atoms with Gasteiger partial charge < -0.3 is 10.8 Å². The summed E-state index contributed by atoms with van der Waals surface area (Å²) in [5, 5.41) is 11.2. The van der Waals surface area contributed by atoms with E-state index < -0.39 is 10.0 Å². The predicted molar refractivity (Wildman–Crippen MR) is 111 cm³/mol.